The third kappa shape index (κ3) is 57.7. The highest BCUT2D eigenvalue weighted by Gasteiger charge is 1.84. The highest BCUT2D eigenvalue weighted by atomic mass is 16.5. The molecule has 0 aliphatic carbocycles. The summed E-state index contributed by atoms with van der Waals surface area (Å²) >= 11 is 0. The molecule has 0 aliphatic heterocycles. The molecule has 120 valence electrons. The monoisotopic (exact) mass is 276 g/mol. The summed E-state index contributed by atoms with van der Waals surface area (Å²) in [5.41, 5.74) is 0. The number of aliphatic hydroxyl groups is 1. The van der Waals surface area contributed by atoms with Crippen LogP contribution in [-0.2, 0) is 4.74 Å². The van der Waals surface area contributed by atoms with Crippen molar-refractivity contribution < 1.29 is 9.84 Å². The molecule has 0 saturated heterocycles. The van der Waals surface area contributed by atoms with Crippen LogP contribution in [0.25, 0.3) is 0 Å². The van der Waals surface area contributed by atoms with Crippen molar-refractivity contribution in [3.63, 3.8) is 0 Å². The van der Waals surface area contributed by atoms with Gasteiger partial charge in [-0.25, -0.2) is 0 Å². The van der Waals surface area contributed by atoms with E-state index < -0.39 is 0 Å². The first-order valence-electron chi connectivity index (χ1n) is 7.54. The fourth-order valence-electron chi connectivity index (χ4n) is 0.753. The molecule has 0 rings (SSSR count). The summed E-state index contributed by atoms with van der Waals surface area (Å²) in [6.45, 7) is 14.2. The molecular formula is C17H40O2. The molecule has 0 aromatic rings. The average Bonchev–Trinajstić information content (AvgIpc) is 2.41. The van der Waals surface area contributed by atoms with Crippen molar-refractivity contribution in [2.75, 3.05) is 19.8 Å². The molecule has 2 heteroatoms. The smallest absolute Gasteiger partial charge is 0.0465 e. The SMILES string of the molecule is C.C=CCC.CCCCO.CCCCOCCCC. The Morgan fingerprint density at radius 2 is 1.26 bits per heavy atom. The number of hydrogen-bond acceptors (Lipinski definition) is 2. The second-order valence-corrected chi connectivity index (χ2v) is 4.09. The summed E-state index contributed by atoms with van der Waals surface area (Å²) < 4.78 is 5.31. The summed E-state index contributed by atoms with van der Waals surface area (Å²) in [5.74, 6) is 0. The van der Waals surface area contributed by atoms with Gasteiger partial charge in [-0.3, -0.25) is 0 Å². The van der Waals surface area contributed by atoms with Crippen molar-refractivity contribution in [2.45, 2.75) is 80.1 Å². The van der Waals surface area contributed by atoms with Crippen molar-refractivity contribution in [3.8, 4) is 0 Å². The first kappa shape index (κ1) is 27.1. The zero-order valence-corrected chi connectivity index (χ0v) is 13.2. The Balaban J connectivity index is -0.0000000964. The van der Waals surface area contributed by atoms with Gasteiger partial charge >= 0.3 is 0 Å². The van der Waals surface area contributed by atoms with Gasteiger partial charge in [0.15, 0.2) is 0 Å². The molecule has 0 atom stereocenters. The van der Waals surface area contributed by atoms with Gasteiger partial charge in [0.2, 0.25) is 0 Å². The van der Waals surface area contributed by atoms with Crippen molar-refractivity contribution in [1.29, 1.82) is 0 Å². The van der Waals surface area contributed by atoms with Gasteiger partial charge in [0.25, 0.3) is 0 Å². The van der Waals surface area contributed by atoms with Crippen molar-refractivity contribution >= 4 is 0 Å². The number of rotatable bonds is 9. The molecule has 0 radical (unpaired) electrons. The van der Waals surface area contributed by atoms with Crippen LogP contribution >= 0.6 is 0 Å². The number of aliphatic hydroxyl groups excluding tert-OH is 1. The van der Waals surface area contributed by atoms with E-state index in [2.05, 4.69) is 34.3 Å². The van der Waals surface area contributed by atoms with E-state index in [1.165, 1.54) is 25.7 Å². The second kappa shape index (κ2) is 36.1. The van der Waals surface area contributed by atoms with E-state index in [1.807, 2.05) is 6.08 Å². The first-order valence-corrected chi connectivity index (χ1v) is 7.54. The van der Waals surface area contributed by atoms with Crippen LogP contribution < -0.4 is 0 Å². The maximum absolute atomic E-state index is 8.07. The van der Waals surface area contributed by atoms with Crippen LogP contribution in [0.3, 0.4) is 0 Å². The minimum absolute atomic E-state index is 0. The Bertz CT molecular complexity index is 106. The average molecular weight is 277 g/mol. The molecule has 0 aromatic heterocycles. The van der Waals surface area contributed by atoms with E-state index in [1.54, 1.807) is 0 Å². The van der Waals surface area contributed by atoms with Gasteiger partial charge < -0.3 is 9.84 Å². The molecule has 0 bridgehead atoms. The fourth-order valence-corrected chi connectivity index (χ4v) is 0.753. The molecule has 0 spiro atoms. The van der Waals surface area contributed by atoms with Gasteiger partial charge in [-0.15, -0.1) is 6.58 Å². The third-order valence-corrected chi connectivity index (χ3v) is 2.08. The van der Waals surface area contributed by atoms with E-state index in [4.69, 9.17) is 9.84 Å². The lowest BCUT2D eigenvalue weighted by atomic mass is 10.3. The summed E-state index contributed by atoms with van der Waals surface area (Å²) in [5, 5.41) is 8.07. The van der Waals surface area contributed by atoms with Gasteiger partial charge in [0, 0.05) is 19.8 Å². The molecule has 0 aliphatic rings. The van der Waals surface area contributed by atoms with Crippen LogP contribution in [0.1, 0.15) is 80.1 Å². The minimum Gasteiger partial charge on any atom is -0.396 e. The van der Waals surface area contributed by atoms with Crippen LogP contribution in [0.15, 0.2) is 12.7 Å². The zero-order chi connectivity index (χ0) is 14.5. The first-order chi connectivity index (χ1) is 8.74. The number of allylic oxidation sites excluding steroid dienone is 1. The zero-order valence-electron chi connectivity index (χ0n) is 13.2. The van der Waals surface area contributed by atoms with Crippen LogP contribution in [-0.4, -0.2) is 24.9 Å². The number of hydrogen-bond donors (Lipinski definition) is 1. The largest absolute Gasteiger partial charge is 0.396 e. The van der Waals surface area contributed by atoms with Crippen molar-refractivity contribution in [2.24, 2.45) is 0 Å². The molecule has 19 heavy (non-hydrogen) atoms. The third-order valence-electron chi connectivity index (χ3n) is 2.08. The molecule has 0 unspecified atom stereocenters. The highest BCUT2D eigenvalue weighted by Crippen LogP contribution is 1.91. The lowest BCUT2D eigenvalue weighted by Gasteiger charge is -1.99. The molecular weight excluding hydrogens is 236 g/mol. The van der Waals surface area contributed by atoms with Gasteiger partial charge in [-0.2, -0.15) is 0 Å². The molecule has 2 nitrogen and oxygen atoms in total. The Hall–Kier alpha value is -0.340. The molecule has 0 aromatic carbocycles. The van der Waals surface area contributed by atoms with Crippen LogP contribution in [0, 0.1) is 0 Å². The minimum atomic E-state index is 0. The Morgan fingerprint density at radius 3 is 1.42 bits per heavy atom. The van der Waals surface area contributed by atoms with Crippen molar-refractivity contribution in [3.05, 3.63) is 12.7 Å². The van der Waals surface area contributed by atoms with Gasteiger partial charge in [-0.05, 0) is 25.7 Å². The highest BCUT2D eigenvalue weighted by molar-refractivity contribution is 4.60. The standard InChI is InChI=1S/C8H18O.C4H10O.C4H8.CH4/c1-3-5-7-9-8-6-4-2;1-2-3-4-5;1-3-4-2;/h3-8H2,1-2H3;5H,2-4H2,1H3;3H,1,4H2,2H3;1H4. The van der Waals surface area contributed by atoms with E-state index in [-0.39, 0.29) is 7.43 Å². The Kier molecular flexibility index (Phi) is 51.4. The molecule has 0 heterocycles. The summed E-state index contributed by atoms with van der Waals surface area (Å²) in [6, 6.07) is 0. The fraction of sp³-hybridized carbons (Fsp3) is 0.882. The van der Waals surface area contributed by atoms with Gasteiger partial charge in [0.05, 0.1) is 0 Å². The Labute approximate surface area is 123 Å². The summed E-state index contributed by atoms with van der Waals surface area (Å²) in [7, 11) is 0. The lowest BCUT2D eigenvalue weighted by Crippen LogP contribution is -1.95. The molecule has 0 fully saturated rings. The predicted molar refractivity (Wildman–Crippen MR) is 89.8 cm³/mol. The maximum Gasteiger partial charge on any atom is 0.0465 e. The summed E-state index contributed by atoms with van der Waals surface area (Å²) in [6.07, 6.45) is 9.90. The molecule has 0 saturated carbocycles. The van der Waals surface area contributed by atoms with Crippen LogP contribution in [0.4, 0.5) is 0 Å². The number of unbranched alkanes of at least 4 members (excludes halogenated alkanes) is 3. The van der Waals surface area contributed by atoms with E-state index in [0.29, 0.717) is 6.61 Å². The predicted octanol–water partition coefficient (Wildman–Crippen LogP) is 5.60. The van der Waals surface area contributed by atoms with Crippen molar-refractivity contribution in [1.82, 2.24) is 0 Å². The lowest BCUT2D eigenvalue weighted by molar-refractivity contribution is 0.128. The molecule has 0 amide bonds. The topological polar surface area (TPSA) is 29.5 Å². The maximum atomic E-state index is 8.07. The van der Waals surface area contributed by atoms with Crippen LogP contribution in [0.2, 0.25) is 0 Å². The Morgan fingerprint density at radius 1 is 0.895 bits per heavy atom. The van der Waals surface area contributed by atoms with E-state index in [9.17, 15) is 0 Å². The van der Waals surface area contributed by atoms with Crippen LogP contribution in [0.5, 0.6) is 0 Å². The summed E-state index contributed by atoms with van der Waals surface area (Å²) in [4.78, 5) is 0. The van der Waals surface area contributed by atoms with Gasteiger partial charge in [0.1, 0.15) is 0 Å². The molecule has 1 N–H and O–H groups in total. The second-order valence-electron chi connectivity index (χ2n) is 4.09. The van der Waals surface area contributed by atoms with Gasteiger partial charge in [-0.1, -0.05) is 60.5 Å². The number of ether oxygens (including phenoxy) is 1. The van der Waals surface area contributed by atoms with E-state index >= 15 is 0 Å². The van der Waals surface area contributed by atoms with E-state index in [0.717, 1.165) is 32.5 Å². The normalized spacial score (nSPS) is 8.26. The quantitative estimate of drug-likeness (QED) is 0.439.